The summed E-state index contributed by atoms with van der Waals surface area (Å²) in [5.74, 6) is 0.00678. The average Bonchev–Trinajstić information content (AvgIpc) is 2.83. The molecule has 6 heteroatoms. The van der Waals surface area contributed by atoms with E-state index in [1.54, 1.807) is 4.90 Å². The third-order valence-corrected chi connectivity index (χ3v) is 12.3. The van der Waals surface area contributed by atoms with E-state index >= 15 is 0 Å². The monoisotopic (exact) mass is 387 g/mol. The maximum Gasteiger partial charge on any atom is 0.407 e. The molecule has 26 heavy (non-hydrogen) atoms. The van der Waals surface area contributed by atoms with E-state index in [9.17, 15) is 15.0 Å². The molecule has 0 saturated heterocycles. The summed E-state index contributed by atoms with van der Waals surface area (Å²) in [4.78, 5) is 13.4. The second-order valence-corrected chi connectivity index (χ2v) is 15.3. The van der Waals surface area contributed by atoms with E-state index in [4.69, 9.17) is 4.43 Å². The number of hydrogen-bond acceptors (Lipinski definition) is 3. The molecule has 2 N–H and O–H groups in total. The molecule has 1 fully saturated rings. The van der Waals surface area contributed by atoms with Crippen molar-refractivity contribution in [2.24, 2.45) is 5.92 Å². The van der Waals surface area contributed by atoms with Gasteiger partial charge >= 0.3 is 6.09 Å². The first-order valence-corrected chi connectivity index (χ1v) is 12.2. The lowest BCUT2D eigenvalue weighted by molar-refractivity contribution is 0.0666. The Kier molecular flexibility index (Phi) is 7.77. The molecule has 0 unspecified atom stereocenters. The Morgan fingerprint density at radius 3 is 1.85 bits per heavy atom. The molecule has 0 aromatic rings. The largest absolute Gasteiger partial charge is 0.465 e. The zero-order valence-electron chi connectivity index (χ0n) is 18.2. The first-order chi connectivity index (χ1) is 11.8. The van der Waals surface area contributed by atoms with E-state index in [2.05, 4.69) is 41.5 Å². The van der Waals surface area contributed by atoms with Crippen LogP contribution in [0.25, 0.3) is 0 Å². The van der Waals surface area contributed by atoms with Crippen molar-refractivity contribution in [3.63, 3.8) is 0 Å². The summed E-state index contributed by atoms with van der Waals surface area (Å²) >= 11 is 0. The number of rotatable bonds is 7. The van der Waals surface area contributed by atoms with Crippen molar-refractivity contribution in [1.82, 2.24) is 4.90 Å². The molecular formula is C20H41NO4Si. The summed E-state index contributed by atoms with van der Waals surface area (Å²) in [6, 6.07) is -0.104. The van der Waals surface area contributed by atoms with Crippen LogP contribution in [0.15, 0.2) is 0 Å². The van der Waals surface area contributed by atoms with Crippen LogP contribution in [-0.4, -0.2) is 53.8 Å². The summed E-state index contributed by atoms with van der Waals surface area (Å²) in [5, 5.41) is 19.7. The predicted molar refractivity (Wildman–Crippen MR) is 109 cm³/mol. The molecule has 1 aliphatic rings. The normalized spacial score (nSPS) is 24.7. The lowest BCUT2D eigenvalue weighted by Crippen LogP contribution is -2.52. The highest BCUT2D eigenvalue weighted by molar-refractivity contribution is 6.77. The number of nitrogens with zero attached hydrogens (tertiary/aromatic N) is 1. The van der Waals surface area contributed by atoms with E-state index in [1.165, 1.54) is 0 Å². The van der Waals surface area contributed by atoms with E-state index in [0.717, 1.165) is 0 Å². The van der Waals surface area contributed by atoms with E-state index in [-0.39, 0.29) is 24.7 Å². The van der Waals surface area contributed by atoms with E-state index < -0.39 is 19.9 Å². The van der Waals surface area contributed by atoms with Crippen molar-refractivity contribution in [2.45, 2.75) is 109 Å². The van der Waals surface area contributed by atoms with Crippen LogP contribution in [0.1, 0.15) is 75.2 Å². The molecule has 0 aliphatic heterocycles. The van der Waals surface area contributed by atoms with Crippen LogP contribution in [0.5, 0.6) is 0 Å². The minimum atomic E-state index is -2.07. The van der Waals surface area contributed by atoms with Gasteiger partial charge in [0.25, 0.3) is 0 Å². The fourth-order valence-corrected chi connectivity index (χ4v) is 10.9. The van der Waals surface area contributed by atoms with Crippen LogP contribution < -0.4 is 0 Å². The van der Waals surface area contributed by atoms with Gasteiger partial charge in [-0.25, -0.2) is 4.79 Å². The van der Waals surface area contributed by atoms with Crippen LogP contribution in [0.2, 0.25) is 16.6 Å². The van der Waals surface area contributed by atoms with Gasteiger partial charge in [0.05, 0.1) is 6.10 Å². The number of aliphatic hydroxyl groups excluding tert-OH is 1. The topological polar surface area (TPSA) is 70.0 Å². The Morgan fingerprint density at radius 1 is 1.08 bits per heavy atom. The van der Waals surface area contributed by atoms with Crippen molar-refractivity contribution in [1.29, 1.82) is 0 Å². The molecule has 1 rings (SSSR count). The second kappa shape index (κ2) is 8.61. The third-order valence-electron chi connectivity index (χ3n) is 6.20. The lowest BCUT2D eigenvalue weighted by atomic mass is 10.0. The van der Waals surface area contributed by atoms with Gasteiger partial charge in [0, 0.05) is 24.1 Å². The molecule has 0 aromatic carbocycles. The van der Waals surface area contributed by atoms with Crippen LogP contribution in [0.4, 0.5) is 4.79 Å². The molecule has 0 aromatic heterocycles. The van der Waals surface area contributed by atoms with Gasteiger partial charge in [0.15, 0.2) is 0 Å². The fourth-order valence-electron chi connectivity index (χ4n) is 5.27. The maximum absolute atomic E-state index is 11.9. The third kappa shape index (κ3) is 4.63. The highest BCUT2D eigenvalue weighted by Crippen LogP contribution is 2.46. The van der Waals surface area contributed by atoms with Crippen LogP contribution in [-0.2, 0) is 4.43 Å². The molecule has 154 valence electrons. The number of hydrogen-bond donors (Lipinski definition) is 2. The SMILES string of the molecule is CC(C)[Si](O[C@H]1C[C@H](N(C(=O)O)C(C)(C)C)C[C@@H]1CO)(C(C)C)C(C)C. The molecule has 5 nitrogen and oxygen atoms in total. The van der Waals surface area contributed by atoms with E-state index in [0.29, 0.717) is 29.5 Å². The minimum Gasteiger partial charge on any atom is -0.465 e. The Hall–Kier alpha value is -0.593. The molecule has 0 spiro atoms. The molecule has 3 atom stereocenters. The summed E-state index contributed by atoms with van der Waals surface area (Å²) in [5.41, 5.74) is 0.950. The number of aliphatic hydroxyl groups is 1. The minimum absolute atomic E-state index is 0.00678. The van der Waals surface area contributed by atoms with Crippen LogP contribution in [0, 0.1) is 5.92 Å². The molecule has 0 heterocycles. The zero-order chi connectivity index (χ0) is 20.4. The average molecular weight is 388 g/mol. The smallest absolute Gasteiger partial charge is 0.407 e. The van der Waals surface area contributed by atoms with Gasteiger partial charge in [-0.1, -0.05) is 41.5 Å². The first-order valence-electron chi connectivity index (χ1n) is 10.1. The van der Waals surface area contributed by atoms with Gasteiger partial charge in [-0.15, -0.1) is 0 Å². The molecule has 1 amide bonds. The van der Waals surface area contributed by atoms with Gasteiger partial charge in [-0.3, -0.25) is 0 Å². The highest BCUT2D eigenvalue weighted by atomic mass is 28.4. The van der Waals surface area contributed by atoms with Crippen LogP contribution in [0.3, 0.4) is 0 Å². The van der Waals surface area contributed by atoms with Crippen molar-refractivity contribution >= 4 is 14.4 Å². The Morgan fingerprint density at radius 2 is 1.54 bits per heavy atom. The molecule has 0 radical (unpaired) electrons. The summed E-state index contributed by atoms with van der Waals surface area (Å²) < 4.78 is 6.92. The number of carbonyl (C=O) groups is 1. The van der Waals surface area contributed by atoms with E-state index in [1.807, 2.05) is 20.8 Å². The lowest BCUT2D eigenvalue weighted by Gasteiger charge is -2.45. The number of amides is 1. The molecule has 0 bridgehead atoms. The van der Waals surface area contributed by atoms with Gasteiger partial charge in [0.1, 0.15) is 0 Å². The van der Waals surface area contributed by atoms with Crippen molar-refractivity contribution < 1.29 is 19.4 Å². The van der Waals surface area contributed by atoms with Crippen molar-refractivity contribution in [3.8, 4) is 0 Å². The van der Waals surface area contributed by atoms with Gasteiger partial charge < -0.3 is 19.5 Å². The Bertz CT molecular complexity index is 451. The molecule has 1 aliphatic carbocycles. The standard InChI is InChI=1S/C20H41NO4Si/c1-13(2)26(14(3)4,15(5)6)25-18-11-17(10-16(18)12-22)21(19(23)24)20(7,8)9/h13-18,22H,10-12H2,1-9H3,(H,23,24)/t16-,17-,18+/m1/s1. The summed E-state index contributed by atoms with van der Waals surface area (Å²) in [7, 11) is -2.07. The summed E-state index contributed by atoms with van der Waals surface area (Å²) in [6.45, 7) is 19.4. The Balaban J connectivity index is 3.14. The Labute approximate surface area is 161 Å². The fraction of sp³-hybridized carbons (Fsp3) is 0.950. The van der Waals surface area contributed by atoms with Crippen molar-refractivity contribution in [2.75, 3.05) is 6.61 Å². The zero-order valence-corrected chi connectivity index (χ0v) is 19.2. The van der Waals surface area contributed by atoms with Crippen molar-refractivity contribution in [3.05, 3.63) is 0 Å². The van der Waals surface area contributed by atoms with Crippen LogP contribution >= 0.6 is 0 Å². The quantitative estimate of drug-likeness (QED) is 0.596. The summed E-state index contributed by atoms with van der Waals surface area (Å²) in [6.07, 6.45) is 0.396. The first kappa shape index (κ1) is 23.4. The predicted octanol–water partition coefficient (Wildman–Crippen LogP) is 5.10. The van der Waals surface area contributed by atoms with Gasteiger partial charge in [-0.2, -0.15) is 0 Å². The molecular weight excluding hydrogens is 346 g/mol. The molecule has 1 saturated carbocycles. The highest BCUT2D eigenvalue weighted by Gasteiger charge is 2.50. The maximum atomic E-state index is 11.9. The number of carboxylic acid groups (broad SMARTS) is 1. The van der Waals surface area contributed by atoms with Gasteiger partial charge in [0.2, 0.25) is 8.32 Å². The second-order valence-electron chi connectivity index (χ2n) is 9.87. The van der Waals surface area contributed by atoms with Gasteiger partial charge in [-0.05, 0) is 50.2 Å².